The minimum atomic E-state index is -0.639. The number of aliphatic hydroxyl groups excluding tert-OH is 1. The molecule has 22 heavy (non-hydrogen) atoms. The summed E-state index contributed by atoms with van der Waals surface area (Å²) < 4.78 is 5.64. The molecular formula is C16H23N3O3. The summed E-state index contributed by atoms with van der Waals surface area (Å²) >= 11 is 0. The van der Waals surface area contributed by atoms with Gasteiger partial charge < -0.3 is 20.1 Å². The van der Waals surface area contributed by atoms with Crippen molar-refractivity contribution >= 4 is 11.0 Å². The van der Waals surface area contributed by atoms with Crippen LogP contribution in [0.5, 0.6) is 5.75 Å². The smallest absolute Gasteiger partial charge is 0.269 e. The van der Waals surface area contributed by atoms with Crippen molar-refractivity contribution in [1.82, 2.24) is 15.3 Å². The number of hydrogen-bond acceptors (Lipinski definition) is 5. The Labute approximate surface area is 129 Å². The minimum Gasteiger partial charge on any atom is -0.489 e. The molecule has 1 aromatic carbocycles. The van der Waals surface area contributed by atoms with Crippen LogP contribution in [0.25, 0.3) is 11.0 Å². The first-order valence-electron chi connectivity index (χ1n) is 7.32. The van der Waals surface area contributed by atoms with Crippen molar-refractivity contribution in [3.05, 3.63) is 34.2 Å². The molecule has 1 heterocycles. The molecule has 0 aliphatic carbocycles. The zero-order valence-corrected chi connectivity index (χ0v) is 13.4. The topological polar surface area (TPSA) is 87.2 Å². The fourth-order valence-corrected chi connectivity index (χ4v) is 1.96. The van der Waals surface area contributed by atoms with E-state index < -0.39 is 6.10 Å². The van der Waals surface area contributed by atoms with Gasteiger partial charge in [0.1, 0.15) is 29.7 Å². The van der Waals surface area contributed by atoms with E-state index in [9.17, 15) is 9.90 Å². The van der Waals surface area contributed by atoms with E-state index in [4.69, 9.17) is 4.74 Å². The molecule has 1 unspecified atom stereocenters. The average molecular weight is 305 g/mol. The Balaban J connectivity index is 2.09. The molecule has 0 aliphatic rings. The molecule has 1 atom stereocenters. The second-order valence-corrected chi connectivity index (χ2v) is 6.40. The third-order valence-corrected chi connectivity index (χ3v) is 3.16. The zero-order chi connectivity index (χ0) is 16.3. The number of rotatable bonds is 5. The minimum absolute atomic E-state index is 0.0624. The highest BCUT2D eigenvalue weighted by Crippen LogP contribution is 2.21. The molecule has 6 nitrogen and oxygen atoms in total. The van der Waals surface area contributed by atoms with Gasteiger partial charge in [0, 0.05) is 12.1 Å². The number of nitrogens with one attached hydrogen (secondary N) is 2. The number of benzene rings is 1. The van der Waals surface area contributed by atoms with Crippen LogP contribution in [0.15, 0.2) is 23.0 Å². The van der Waals surface area contributed by atoms with Crippen LogP contribution in [0.2, 0.25) is 0 Å². The van der Waals surface area contributed by atoms with Gasteiger partial charge in [-0.1, -0.05) is 6.07 Å². The third kappa shape index (κ3) is 4.29. The Morgan fingerprint density at radius 3 is 2.82 bits per heavy atom. The van der Waals surface area contributed by atoms with Crippen molar-refractivity contribution in [3.63, 3.8) is 0 Å². The summed E-state index contributed by atoms with van der Waals surface area (Å²) in [5.74, 6) is 0.511. The predicted molar refractivity (Wildman–Crippen MR) is 86.4 cm³/mol. The standard InChI is InChI=1S/C16H23N3O3/c1-10-15(21)19-14-12(18-10)6-5-7-13(14)22-9-11(20)8-17-16(2,3)4/h5-7,11,17,20H,8-9H2,1-4H3,(H,19,21). The number of H-pyrrole nitrogens is 1. The van der Waals surface area contributed by atoms with Gasteiger partial charge >= 0.3 is 0 Å². The first kappa shape index (κ1) is 16.5. The quantitative estimate of drug-likeness (QED) is 0.776. The normalized spacial score (nSPS) is 13.3. The van der Waals surface area contributed by atoms with Gasteiger partial charge in [-0.15, -0.1) is 0 Å². The highest BCUT2D eigenvalue weighted by Gasteiger charge is 2.13. The van der Waals surface area contributed by atoms with Crippen molar-refractivity contribution in [1.29, 1.82) is 0 Å². The van der Waals surface area contributed by atoms with Crippen molar-refractivity contribution in [2.45, 2.75) is 39.3 Å². The highest BCUT2D eigenvalue weighted by atomic mass is 16.5. The number of para-hydroxylation sites is 1. The number of β-amino-alcohol motifs (C(OH)–C–C–N with tert-alkyl or cyclic N) is 1. The number of fused-ring (bicyclic) bond motifs is 1. The number of ether oxygens (including phenoxy) is 1. The summed E-state index contributed by atoms with van der Waals surface area (Å²) in [4.78, 5) is 18.7. The number of aliphatic hydroxyl groups is 1. The van der Waals surface area contributed by atoms with Crippen molar-refractivity contribution in [2.75, 3.05) is 13.2 Å². The Hall–Kier alpha value is -1.92. The van der Waals surface area contributed by atoms with Gasteiger partial charge in [0.05, 0.1) is 5.52 Å². The van der Waals surface area contributed by atoms with E-state index in [0.29, 0.717) is 29.0 Å². The van der Waals surface area contributed by atoms with Crippen LogP contribution in [0.3, 0.4) is 0 Å². The second-order valence-electron chi connectivity index (χ2n) is 6.40. The molecular weight excluding hydrogens is 282 g/mol. The maximum atomic E-state index is 11.7. The zero-order valence-electron chi connectivity index (χ0n) is 13.4. The Morgan fingerprint density at radius 1 is 1.41 bits per heavy atom. The van der Waals surface area contributed by atoms with Gasteiger partial charge in [0.15, 0.2) is 0 Å². The van der Waals surface area contributed by atoms with E-state index in [-0.39, 0.29) is 17.7 Å². The lowest BCUT2D eigenvalue weighted by atomic mass is 10.1. The predicted octanol–water partition coefficient (Wildman–Crippen LogP) is 1.36. The van der Waals surface area contributed by atoms with Crippen molar-refractivity contribution in [3.8, 4) is 5.75 Å². The highest BCUT2D eigenvalue weighted by molar-refractivity contribution is 5.80. The first-order chi connectivity index (χ1) is 10.3. The molecule has 3 N–H and O–H groups in total. The number of aryl methyl sites for hydroxylation is 1. The molecule has 2 aromatic rings. The summed E-state index contributed by atoms with van der Waals surface area (Å²) in [6.45, 7) is 8.33. The molecule has 0 bridgehead atoms. The molecule has 120 valence electrons. The number of aromatic nitrogens is 2. The van der Waals surface area contributed by atoms with E-state index in [2.05, 4.69) is 15.3 Å². The summed E-state index contributed by atoms with van der Waals surface area (Å²) in [5.41, 5.74) is 1.33. The molecule has 0 saturated heterocycles. The summed E-state index contributed by atoms with van der Waals surface area (Å²) in [6.07, 6.45) is -0.639. The largest absolute Gasteiger partial charge is 0.489 e. The summed E-state index contributed by atoms with van der Waals surface area (Å²) in [6, 6.07) is 5.37. The van der Waals surface area contributed by atoms with Crippen molar-refractivity contribution < 1.29 is 9.84 Å². The lowest BCUT2D eigenvalue weighted by Crippen LogP contribution is -2.42. The molecule has 0 aliphatic heterocycles. The molecule has 0 saturated carbocycles. The Bertz CT molecular complexity index is 704. The number of aromatic amines is 1. The third-order valence-electron chi connectivity index (χ3n) is 3.16. The first-order valence-corrected chi connectivity index (χ1v) is 7.32. The monoisotopic (exact) mass is 305 g/mol. The molecule has 2 rings (SSSR count). The van der Waals surface area contributed by atoms with Crippen LogP contribution in [0.4, 0.5) is 0 Å². The molecule has 0 radical (unpaired) electrons. The molecule has 1 aromatic heterocycles. The summed E-state index contributed by atoms with van der Waals surface area (Å²) in [5, 5.41) is 13.2. The van der Waals surface area contributed by atoms with E-state index in [1.807, 2.05) is 32.9 Å². The Morgan fingerprint density at radius 2 is 2.14 bits per heavy atom. The SMILES string of the molecule is Cc1nc2cccc(OCC(O)CNC(C)(C)C)c2[nH]c1=O. The van der Waals surface area contributed by atoms with Gasteiger partial charge in [-0.2, -0.15) is 0 Å². The van der Waals surface area contributed by atoms with Crippen LogP contribution >= 0.6 is 0 Å². The maximum absolute atomic E-state index is 11.7. The van der Waals surface area contributed by atoms with Gasteiger partial charge in [-0.25, -0.2) is 4.98 Å². The maximum Gasteiger partial charge on any atom is 0.269 e. The fraction of sp³-hybridized carbons (Fsp3) is 0.500. The van der Waals surface area contributed by atoms with Gasteiger partial charge in [-0.3, -0.25) is 4.79 Å². The van der Waals surface area contributed by atoms with Gasteiger partial charge in [-0.05, 0) is 39.8 Å². The molecule has 0 fully saturated rings. The van der Waals surface area contributed by atoms with Gasteiger partial charge in [0.25, 0.3) is 5.56 Å². The van der Waals surface area contributed by atoms with E-state index in [0.717, 1.165) is 0 Å². The van der Waals surface area contributed by atoms with Crippen LogP contribution in [-0.4, -0.2) is 39.9 Å². The van der Waals surface area contributed by atoms with Crippen LogP contribution < -0.4 is 15.6 Å². The molecule has 0 spiro atoms. The molecule has 6 heteroatoms. The summed E-state index contributed by atoms with van der Waals surface area (Å²) in [7, 11) is 0. The van der Waals surface area contributed by atoms with Crippen LogP contribution in [-0.2, 0) is 0 Å². The lowest BCUT2D eigenvalue weighted by molar-refractivity contribution is 0.101. The number of hydrogen-bond donors (Lipinski definition) is 3. The second kappa shape index (κ2) is 6.46. The fourth-order valence-electron chi connectivity index (χ4n) is 1.96. The van der Waals surface area contributed by atoms with Crippen molar-refractivity contribution in [2.24, 2.45) is 0 Å². The number of nitrogens with zero attached hydrogens (tertiary/aromatic N) is 1. The van der Waals surface area contributed by atoms with Crippen LogP contribution in [0.1, 0.15) is 26.5 Å². The average Bonchev–Trinajstić information content (AvgIpc) is 2.43. The Kier molecular flexibility index (Phi) is 4.83. The van der Waals surface area contributed by atoms with E-state index in [1.54, 1.807) is 13.0 Å². The lowest BCUT2D eigenvalue weighted by Gasteiger charge is -2.23. The van der Waals surface area contributed by atoms with Crippen LogP contribution in [0, 0.1) is 6.92 Å². The van der Waals surface area contributed by atoms with E-state index in [1.165, 1.54) is 0 Å². The van der Waals surface area contributed by atoms with E-state index >= 15 is 0 Å². The molecule has 0 amide bonds. The van der Waals surface area contributed by atoms with Gasteiger partial charge in [0.2, 0.25) is 0 Å².